The van der Waals surface area contributed by atoms with E-state index in [4.69, 9.17) is 6.58 Å². The van der Waals surface area contributed by atoms with Gasteiger partial charge in [0.2, 0.25) is 0 Å². The number of hydrogen-bond acceptors (Lipinski definition) is 2. The molecule has 0 aromatic heterocycles. The summed E-state index contributed by atoms with van der Waals surface area (Å²) in [7, 11) is -3.13. The first-order valence-electron chi connectivity index (χ1n) is 2.01. The molecule has 0 unspecified atom stereocenters. The lowest BCUT2D eigenvalue weighted by Gasteiger charge is -1.85. The van der Waals surface area contributed by atoms with Gasteiger partial charge in [-0.3, -0.25) is 0 Å². The molecule has 0 rings (SSSR count). The summed E-state index contributed by atoms with van der Waals surface area (Å²) in [6.45, 7) is 7.97. The summed E-state index contributed by atoms with van der Waals surface area (Å²) in [6, 6.07) is 0. The van der Waals surface area contributed by atoms with Crippen molar-refractivity contribution in [1.82, 2.24) is 0 Å². The summed E-state index contributed by atoms with van der Waals surface area (Å²) in [4.78, 5) is 0. The molecule has 0 fully saturated rings. The minimum Gasteiger partial charge on any atom is -0.224 e. The second-order valence-corrected chi connectivity index (χ2v) is 3.19. The molecule has 2 nitrogen and oxygen atoms in total. The maximum absolute atomic E-state index is 10.3. The monoisotopic (exact) mass is 131 g/mol. The van der Waals surface area contributed by atoms with Gasteiger partial charge in [-0.1, -0.05) is 12.7 Å². The van der Waals surface area contributed by atoms with Crippen molar-refractivity contribution in [3.63, 3.8) is 0 Å². The summed E-state index contributed by atoms with van der Waals surface area (Å²) >= 11 is 0. The molecule has 1 radical (unpaired) electrons. The average molecular weight is 131 g/mol. The highest BCUT2D eigenvalue weighted by Crippen LogP contribution is 1.88. The van der Waals surface area contributed by atoms with E-state index in [1.54, 1.807) is 0 Å². The van der Waals surface area contributed by atoms with Crippen molar-refractivity contribution < 1.29 is 8.42 Å². The first kappa shape index (κ1) is 7.43. The molecule has 0 heterocycles. The predicted molar refractivity (Wildman–Crippen MR) is 32.9 cm³/mol. The van der Waals surface area contributed by atoms with Crippen molar-refractivity contribution in [3.8, 4) is 0 Å². The Labute approximate surface area is 49.4 Å². The number of rotatable bonds is 3. The van der Waals surface area contributed by atoms with Gasteiger partial charge in [-0.05, 0) is 0 Å². The summed E-state index contributed by atoms with van der Waals surface area (Å²) < 4.78 is 20.7. The fourth-order valence-corrected chi connectivity index (χ4v) is 0.659. The third kappa shape index (κ3) is 2.58. The zero-order chi connectivity index (χ0) is 6.62. The van der Waals surface area contributed by atoms with Gasteiger partial charge in [-0.15, -0.1) is 6.58 Å². The molecule has 0 N–H and O–H groups in total. The second-order valence-electron chi connectivity index (χ2n) is 1.25. The van der Waals surface area contributed by atoms with Crippen molar-refractivity contribution in [2.45, 2.75) is 0 Å². The van der Waals surface area contributed by atoms with Crippen LogP contribution in [0.1, 0.15) is 0 Å². The molecular formula is C5H7O2S. The molecular weight excluding hydrogens is 124 g/mol. The van der Waals surface area contributed by atoms with Gasteiger partial charge in [0.25, 0.3) is 0 Å². The Balaban J connectivity index is 4.15. The molecule has 0 bridgehead atoms. The van der Waals surface area contributed by atoms with Crippen LogP contribution in [0.25, 0.3) is 0 Å². The first-order valence-corrected chi connectivity index (χ1v) is 3.72. The van der Waals surface area contributed by atoms with Gasteiger partial charge in [0.1, 0.15) is 0 Å². The molecule has 0 aromatic carbocycles. The Kier molecular flexibility index (Phi) is 2.48. The Hall–Kier alpha value is -0.570. The van der Waals surface area contributed by atoms with Crippen LogP contribution in [0.4, 0.5) is 0 Å². The molecule has 0 saturated carbocycles. The summed E-state index contributed by atoms with van der Waals surface area (Å²) in [5, 5.41) is 0.675. The maximum Gasteiger partial charge on any atom is 0.175 e. The van der Waals surface area contributed by atoms with E-state index >= 15 is 0 Å². The van der Waals surface area contributed by atoms with E-state index in [9.17, 15) is 8.42 Å². The second kappa shape index (κ2) is 2.67. The Morgan fingerprint density at radius 1 is 1.62 bits per heavy atom. The molecule has 0 aliphatic carbocycles. The Morgan fingerprint density at radius 2 is 2.12 bits per heavy atom. The topological polar surface area (TPSA) is 34.1 Å². The first-order chi connectivity index (χ1) is 3.62. The Morgan fingerprint density at radius 3 is 2.25 bits per heavy atom. The average Bonchev–Trinajstić information content (AvgIpc) is 1.67. The largest absolute Gasteiger partial charge is 0.224 e. The van der Waals surface area contributed by atoms with Crippen LogP contribution in [0.5, 0.6) is 0 Å². The third-order valence-electron chi connectivity index (χ3n) is 0.557. The van der Waals surface area contributed by atoms with E-state index in [2.05, 4.69) is 6.58 Å². The fourth-order valence-electron chi connectivity index (χ4n) is 0.220. The van der Waals surface area contributed by atoms with Crippen molar-refractivity contribution in [3.05, 3.63) is 24.6 Å². The molecule has 0 atom stereocenters. The summed E-state index contributed by atoms with van der Waals surface area (Å²) in [6.07, 6.45) is 1.29. The van der Waals surface area contributed by atoms with Crippen molar-refractivity contribution in [2.75, 3.05) is 5.75 Å². The highest BCUT2D eigenvalue weighted by Gasteiger charge is 1.97. The van der Waals surface area contributed by atoms with E-state index in [1.165, 1.54) is 6.08 Å². The van der Waals surface area contributed by atoms with Crippen molar-refractivity contribution >= 4 is 9.84 Å². The van der Waals surface area contributed by atoms with E-state index in [0.717, 1.165) is 0 Å². The zero-order valence-corrected chi connectivity index (χ0v) is 5.19. The standard InChI is InChI=1S/C5H7O2S/c1-3-5-8(6,7)4-2/h2-4H,1,5H2. The van der Waals surface area contributed by atoms with Gasteiger partial charge in [-0.2, -0.15) is 0 Å². The van der Waals surface area contributed by atoms with Crippen molar-refractivity contribution in [1.29, 1.82) is 0 Å². The minimum atomic E-state index is -3.13. The van der Waals surface area contributed by atoms with E-state index in [1.807, 2.05) is 0 Å². The van der Waals surface area contributed by atoms with Crippen LogP contribution in [0.3, 0.4) is 0 Å². The normalized spacial score (nSPS) is 10.5. The van der Waals surface area contributed by atoms with Gasteiger partial charge in [-0.25, -0.2) is 8.42 Å². The number of sulfone groups is 1. The smallest absolute Gasteiger partial charge is 0.175 e. The molecule has 0 aliphatic heterocycles. The van der Waals surface area contributed by atoms with Crippen molar-refractivity contribution in [2.24, 2.45) is 0 Å². The third-order valence-corrected chi connectivity index (χ3v) is 1.67. The lowest BCUT2D eigenvalue weighted by atomic mass is 10.8. The summed E-state index contributed by atoms with van der Waals surface area (Å²) in [5.41, 5.74) is 0. The van der Waals surface area contributed by atoms with Gasteiger partial charge in [0, 0.05) is 5.41 Å². The number of hydrogen-bond donors (Lipinski definition) is 0. The molecule has 45 valence electrons. The van der Waals surface area contributed by atoms with Gasteiger partial charge >= 0.3 is 0 Å². The zero-order valence-electron chi connectivity index (χ0n) is 4.37. The van der Waals surface area contributed by atoms with Crippen LogP contribution >= 0.6 is 0 Å². The van der Waals surface area contributed by atoms with E-state index < -0.39 is 9.84 Å². The fraction of sp³-hybridized carbons (Fsp3) is 0.200. The van der Waals surface area contributed by atoms with Crippen LogP contribution in [0.15, 0.2) is 18.1 Å². The molecule has 0 spiro atoms. The SMILES string of the molecule is [CH]=CS(=O)(=O)CC=C. The maximum atomic E-state index is 10.3. The molecule has 0 saturated heterocycles. The predicted octanol–water partition coefficient (Wildman–Crippen LogP) is 0.534. The molecule has 0 aliphatic rings. The molecule has 0 aromatic rings. The molecule has 8 heavy (non-hydrogen) atoms. The quantitative estimate of drug-likeness (QED) is 0.524. The minimum absolute atomic E-state index is 0.0799. The van der Waals surface area contributed by atoms with E-state index in [-0.39, 0.29) is 5.75 Å². The van der Waals surface area contributed by atoms with Crippen LogP contribution in [0, 0.1) is 6.58 Å². The molecule has 3 heteroatoms. The summed E-state index contributed by atoms with van der Waals surface area (Å²) in [5.74, 6) is -0.0799. The van der Waals surface area contributed by atoms with Crippen LogP contribution in [0.2, 0.25) is 0 Å². The highest BCUT2D eigenvalue weighted by atomic mass is 32.2. The van der Waals surface area contributed by atoms with Crippen LogP contribution in [-0.2, 0) is 9.84 Å². The van der Waals surface area contributed by atoms with Gasteiger partial charge in [0.15, 0.2) is 9.84 Å². The molecule has 0 amide bonds. The highest BCUT2D eigenvalue weighted by molar-refractivity contribution is 7.94. The van der Waals surface area contributed by atoms with Gasteiger partial charge in [0.05, 0.1) is 5.75 Å². The lowest BCUT2D eigenvalue weighted by molar-refractivity contribution is 0.607. The van der Waals surface area contributed by atoms with Crippen LogP contribution in [-0.4, -0.2) is 14.2 Å². The van der Waals surface area contributed by atoms with E-state index in [0.29, 0.717) is 5.41 Å². The Bertz CT molecular complexity index is 177. The van der Waals surface area contributed by atoms with Crippen LogP contribution < -0.4 is 0 Å². The lowest BCUT2D eigenvalue weighted by Crippen LogP contribution is -1.96. The van der Waals surface area contributed by atoms with Gasteiger partial charge < -0.3 is 0 Å².